The van der Waals surface area contributed by atoms with E-state index in [9.17, 15) is 14.4 Å². The molecule has 0 spiro atoms. The zero-order chi connectivity index (χ0) is 21.2. The quantitative estimate of drug-likeness (QED) is 0.455. The normalized spacial score (nSPS) is 16.2. The van der Waals surface area contributed by atoms with Crippen LogP contribution in [0, 0.1) is 5.92 Å². The summed E-state index contributed by atoms with van der Waals surface area (Å²) in [7, 11) is 0. The number of rotatable bonds is 10. The van der Waals surface area contributed by atoms with Gasteiger partial charge in [-0.1, -0.05) is 32.6 Å². The van der Waals surface area contributed by atoms with Crippen LogP contribution >= 0.6 is 0 Å². The van der Waals surface area contributed by atoms with E-state index in [0.717, 1.165) is 0 Å². The lowest BCUT2D eigenvalue weighted by atomic mass is 10.1. The minimum Gasteiger partial charge on any atom is -0.489 e. The fourth-order valence-corrected chi connectivity index (χ4v) is 2.82. The Balaban J connectivity index is 1.95. The fraction of sp³-hybridized carbons (Fsp3) is 0.476. The zero-order valence-electron chi connectivity index (χ0n) is 17.0. The van der Waals surface area contributed by atoms with Gasteiger partial charge >= 0.3 is 5.97 Å². The first-order valence-corrected chi connectivity index (χ1v) is 9.71. The highest BCUT2D eigenvalue weighted by molar-refractivity contribution is 5.93. The number of carbonyl (C=O) groups is 3. The molecule has 158 valence electrons. The molecule has 2 rings (SSSR count). The number of nitrogens with one attached hydrogen (secondary N) is 2. The molecule has 1 aromatic rings. The fourth-order valence-electron chi connectivity index (χ4n) is 2.82. The van der Waals surface area contributed by atoms with E-state index in [0.29, 0.717) is 31.1 Å². The second-order valence-corrected chi connectivity index (χ2v) is 7.16. The number of nitrogens with zero attached hydrogens (tertiary/aromatic N) is 1. The van der Waals surface area contributed by atoms with Gasteiger partial charge in [0.05, 0.1) is 19.6 Å². The minimum atomic E-state index is -0.861. The Morgan fingerprint density at radius 2 is 2.21 bits per heavy atom. The number of anilines is 1. The first kappa shape index (κ1) is 22.3. The van der Waals surface area contributed by atoms with Gasteiger partial charge in [-0.15, -0.1) is 0 Å². The Kier molecular flexibility index (Phi) is 8.51. The van der Waals surface area contributed by atoms with Crippen molar-refractivity contribution < 1.29 is 23.9 Å². The van der Waals surface area contributed by atoms with Gasteiger partial charge < -0.3 is 25.0 Å². The van der Waals surface area contributed by atoms with Crippen molar-refractivity contribution in [3.05, 3.63) is 36.9 Å². The minimum absolute atomic E-state index is 0.00423. The van der Waals surface area contributed by atoms with E-state index in [1.807, 2.05) is 32.0 Å². The summed E-state index contributed by atoms with van der Waals surface area (Å²) in [6, 6.07) is 6.36. The van der Waals surface area contributed by atoms with Crippen LogP contribution < -0.4 is 15.4 Å². The van der Waals surface area contributed by atoms with Crippen LogP contribution in [0.2, 0.25) is 0 Å². The van der Waals surface area contributed by atoms with E-state index in [-0.39, 0.29) is 37.3 Å². The van der Waals surface area contributed by atoms with Crippen LogP contribution in [0.3, 0.4) is 0 Å². The SMILES string of the molecule is C=CCOc1cccc(NCC(=O)N2CCNC(=O)C2CC(=O)OCC(C)C)c1. The van der Waals surface area contributed by atoms with Gasteiger partial charge in [-0.05, 0) is 18.1 Å². The van der Waals surface area contributed by atoms with Crippen LogP contribution in [0.25, 0.3) is 0 Å². The molecule has 1 fully saturated rings. The first-order valence-electron chi connectivity index (χ1n) is 9.71. The number of amides is 2. The lowest BCUT2D eigenvalue weighted by molar-refractivity contribution is -0.152. The largest absolute Gasteiger partial charge is 0.489 e. The van der Waals surface area contributed by atoms with E-state index in [2.05, 4.69) is 17.2 Å². The van der Waals surface area contributed by atoms with E-state index in [1.165, 1.54) is 4.90 Å². The number of hydrogen-bond donors (Lipinski definition) is 2. The summed E-state index contributed by atoms with van der Waals surface area (Å²) in [5.41, 5.74) is 0.717. The van der Waals surface area contributed by atoms with Crippen molar-refractivity contribution in [1.82, 2.24) is 10.2 Å². The molecule has 1 heterocycles. The molecule has 0 bridgehead atoms. The Morgan fingerprint density at radius 1 is 1.41 bits per heavy atom. The molecular formula is C21H29N3O5. The van der Waals surface area contributed by atoms with Gasteiger partial charge in [0.15, 0.2) is 0 Å². The van der Waals surface area contributed by atoms with Gasteiger partial charge in [-0.2, -0.15) is 0 Å². The number of hydrogen-bond acceptors (Lipinski definition) is 6. The first-order chi connectivity index (χ1) is 13.9. The smallest absolute Gasteiger partial charge is 0.308 e. The summed E-state index contributed by atoms with van der Waals surface area (Å²) in [5.74, 6) is -0.235. The third-order valence-electron chi connectivity index (χ3n) is 4.23. The standard InChI is InChI=1S/C21H29N3O5/c1-4-10-28-17-7-5-6-16(11-17)23-13-19(25)24-9-8-22-21(27)18(24)12-20(26)29-14-15(2)3/h4-7,11,15,18,23H,1,8-10,12-14H2,2-3H3,(H,22,27). The molecule has 2 amide bonds. The summed E-state index contributed by atoms with van der Waals surface area (Å²) >= 11 is 0. The molecule has 29 heavy (non-hydrogen) atoms. The highest BCUT2D eigenvalue weighted by atomic mass is 16.5. The maximum atomic E-state index is 12.7. The molecule has 1 aliphatic heterocycles. The Hall–Kier alpha value is -3.03. The Bertz CT molecular complexity index is 735. The third kappa shape index (κ3) is 7.14. The van der Waals surface area contributed by atoms with Crippen LogP contribution in [-0.4, -0.2) is 61.6 Å². The molecule has 8 nitrogen and oxygen atoms in total. The summed E-state index contributed by atoms with van der Waals surface area (Å²) in [6.45, 7) is 8.83. The molecule has 1 unspecified atom stereocenters. The van der Waals surface area contributed by atoms with E-state index < -0.39 is 12.0 Å². The summed E-state index contributed by atoms with van der Waals surface area (Å²) in [6.07, 6.45) is 1.49. The van der Waals surface area contributed by atoms with Crippen LogP contribution in [0.15, 0.2) is 36.9 Å². The number of benzene rings is 1. The molecule has 0 saturated carbocycles. The van der Waals surface area contributed by atoms with Gasteiger partial charge in [0.25, 0.3) is 0 Å². The molecule has 1 aliphatic rings. The lowest BCUT2D eigenvalue weighted by Gasteiger charge is -2.34. The van der Waals surface area contributed by atoms with Gasteiger partial charge in [0, 0.05) is 24.8 Å². The third-order valence-corrected chi connectivity index (χ3v) is 4.23. The molecule has 1 saturated heterocycles. The molecule has 8 heteroatoms. The second-order valence-electron chi connectivity index (χ2n) is 7.16. The van der Waals surface area contributed by atoms with E-state index in [4.69, 9.17) is 9.47 Å². The Labute approximate surface area is 171 Å². The summed E-state index contributed by atoms with van der Waals surface area (Å²) in [4.78, 5) is 38.4. The lowest BCUT2D eigenvalue weighted by Crippen LogP contribution is -2.58. The maximum Gasteiger partial charge on any atom is 0.308 e. The van der Waals surface area contributed by atoms with Gasteiger partial charge in [-0.3, -0.25) is 14.4 Å². The highest BCUT2D eigenvalue weighted by Gasteiger charge is 2.35. The summed E-state index contributed by atoms with van der Waals surface area (Å²) in [5, 5.41) is 5.74. The monoisotopic (exact) mass is 403 g/mol. The average molecular weight is 403 g/mol. The topological polar surface area (TPSA) is 97.0 Å². The van der Waals surface area contributed by atoms with Crippen molar-refractivity contribution in [2.45, 2.75) is 26.3 Å². The average Bonchev–Trinajstić information content (AvgIpc) is 2.70. The zero-order valence-corrected chi connectivity index (χ0v) is 17.0. The van der Waals surface area contributed by atoms with E-state index >= 15 is 0 Å². The molecule has 0 radical (unpaired) electrons. The number of carbonyl (C=O) groups excluding carboxylic acids is 3. The Morgan fingerprint density at radius 3 is 2.93 bits per heavy atom. The van der Waals surface area contributed by atoms with Crippen molar-refractivity contribution in [2.24, 2.45) is 5.92 Å². The van der Waals surface area contributed by atoms with Crippen LogP contribution in [-0.2, 0) is 19.1 Å². The molecule has 0 aromatic heterocycles. The molecule has 1 atom stereocenters. The van der Waals surface area contributed by atoms with Crippen molar-refractivity contribution in [1.29, 1.82) is 0 Å². The molecular weight excluding hydrogens is 374 g/mol. The van der Waals surface area contributed by atoms with Gasteiger partial charge in [0.2, 0.25) is 11.8 Å². The van der Waals surface area contributed by atoms with Crippen molar-refractivity contribution in [2.75, 3.05) is 38.2 Å². The number of ether oxygens (including phenoxy) is 2. The van der Waals surface area contributed by atoms with Crippen molar-refractivity contribution in [3.63, 3.8) is 0 Å². The predicted octanol–water partition coefficient (Wildman–Crippen LogP) is 1.58. The molecule has 2 N–H and O–H groups in total. The van der Waals surface area contributed by atoms with Gasteiger partial charge in [-0.25, -0.2) is 0 Å². The van der Waals surface area contributed by atoms with Crippen molar-refractivity contribution in [3.8, 4) is 5.75 Å². The van der Waals surface area contributed by atoms with Crippen LogP contribution in [0.5, 0.6) is 5.75 Å². The van der Waals surface area contributed by atoms with Crippen LogP contribution in [0.4, 0.5) is 5.69 Å². The number of esters is 1. The maximum absolute atomic E-state index is 12.7. The van der Waals surface area contributed by atoms with Crippen LogP contribution in [0.1, 0.15) is 20.3 Å². The second kappa shape index (κ2) is 11.1. The number of piperazine rings is 1. The molecule has 0 aliphatic carbocycles. The van der Waals surface area contributed by atoms with Crippen molar-refractivity contribution >= 4 is 23.5 Å². The van der Waals surface area contributed by atoms with E-state index in [1.54, 1.807) is 12.1 Å². The predicted molar refractivity (Wildman–Crippen MR) is 110 cm³/mol. The highest BCUT2D eigenvalue weighted by Crippen LogP contribution is 2.18. The van der Waals surface area contributed by atoms with Gasteiger partial charge in [0.1, 0.15) is 18.4 Å². The molecule has 1 aromatic carbocycles. The summed E-state index contributed by atoms with van der Waals surface area (Å²) < 4.78 is 10.6.